The third-order valence-electron chi connectivity index (χ3n) is 3.03. The maximum atomic E-state index is 9.96. The van der Waals surface area contributed by atoms with Gasteiger partial charge in [-0.3, -0.25) is 9.15 Å². The normalized spacial score (nSPS) is 11.2. The Morgan fingerprint density at radius 1 is 0.842 bits per heavy atom. The van der Waals surface area contributed by atoms with Crippen molar-refractivity contribution < 1.29 is 14.3 Å². The summed E-state index contributed by atoms with van der Waals surface area (Å²) < 4.78 is 9.71. The minimum Gasteiger partial charge on any atom is -0.507 e. The summed E-state index contributed by atoms with van der Waals surface area (Å²) >= 11 is 0. The third kappa shape index (κ3) is 1.38. The van der Waals surface area contributed by atoms with E-state index in [1.165, 1.54) is 6.07 Å². The van der Waals surface area contributed by atoms with Crippen molar-refractivity contribution in [3.05, 3.63) is 18.2 Å². The Kier molecular flexibility index (Phi) is 2.06. The molecule has 98 valence electrons. The van der Waals surface area contributed by atoms with E-state index < -0.39 is 0 Å². The van der Waals surface area contributed by atoms with E-state index in [0.29, 0.717) is 28.0 Å². The van der Waals surface area contributed by atoms with Gasteiger partial charge in [0, 0.05) is 17.3 Å². The molecule has 19 heavy (non-hydrogen) atoms. The van der Waals surface area contributed by atoms with E-state index in [-0.39, 0.29) is 22.8 Å². The lowest BCUT2D eigenvalue weighted by atomic mass is 9.99. The first kappa shape index (κ1) is 11.1. The molecule has 0 bridgehead atoms. The second-order valence-electron chi connectivity index (χ2n) is 4.22. The molecule has 0 aliphatic carbocycles. The number of nitrogens with two attached hydrogens (primary N) is 4. The molecule has 7 heteroatoms. The number of phenolic OH excluding ortho intramolecular Hbond substituents is 1. The lowest BCUT2D eigenvalue weighted by Crippen LogP contribution is -2.04. The number of fused-ring (bicyclic) bond motifs is 1. The molecular formula is C12H12N4O3. The van der Waals surface area contributed by atoms with Gasteiger partial charge in [0.1, 0.15) is 11.4 Å². The van der Waals surface area contributed by atoms with Crippen LogP contribution in [0.1, 0.15) is 0 Å². The minimum absolute atomic E-state index is 0.0337. The van der Waals surface area contributed by atoms with Crippen molar-refractivity contribution in [2.75, 3.05) is 22.9 Å². The summed E-state index contributed by atoms with van der Waals surface area (Å²) in [6, 6.07) is 4.66. The SMILES string of the molecule is Nc1ccc(-c2c(N)c(N)c(N)c3ooc23)c(O)c1. The van der Waals surface area contributed by atoms with Crippen LogP contribution in [0.5, 0.6) is 5.75 Å². The van der Waals surface area contributed by atoms with Crippen molar-refractivity contribution in [3.63, 3.8) is 0 Å². The van der Waals surface area contributed by atoms with Crippen molar-refractivity contribution in [3.8, 4) is 16.9 Å². The van der Waals surface area contributed by atoms with Gasteiger partial charge in [0.2, 0.25) is 5.58 Å². The fourth-order valence-corrected chi connectivity index (χ4v) is 2.00. The maximum Gasteiger partial charge on any atom is 0.251 e. The lowest BCUT2D eigenvalue weighted by Gasteiger charge is -2.15. The first-order valence-electron chi connectivity index (χ1n) is 5.44. The number of anilines is 4. The molecule has 0 radical (unpaired) electrons. The van der Waals surface area contributed by atoms with E-state index in [0.717, 1.165) is 0 Å². The smallest absolute Gasteiger partial charge is 0.251 e. The Bertz CT molecular complexity index is 788. The van der Waals surface area contributed by atoms with Gasteiger partial charge < -0.3 is 28.0 Å². The second kappa shape index (κ2) is 3.52. The van der Waals surface area contributed by atoms with Gasteiger partial charge in [0.05, 0.1) is 16.9 Å². The van der Waals surface area contributed by atoms with Crippen LogP contribution >= 0.6 is 0 Å². The lowest BCUT2D eigenvalue weighted by molar-refractivity contribution is 0.0602. The Labute approximate surface area is 107 Å². The van der Waals surface area contributed by atoms with Gasteiger partial charge in [-0.15, -0.1) is 0 Å². The number of hydrogen-bond donors (Lipinski definition) is 5. The minimum atomic E-state index is -0.0337. The van der Waals surface area contributed by atoms with Crippen LogP contribution in [-0.4, -0.2) is 5.11 Å². The van der Waals surface area contributed by atoms with Crippen molar-refractivity contribution in [2.45, 2.75) is 0 Å². The molecule has 9 N–H and O–H groups in total. The highest BCUT2D eigenvalue weighted by Gasteiger charge is 2.24. The predicted octanol–water partition coefficient (Wildman–Crippen LogP) is 1.73. The predicted molar refractivity (Wildman–Crippen MR) is 73.2 cm³/mol. The number of rotatable bonds is 1. The Hall–Kier alpha value is -2.96. The average Bonchev–Trinajstić information content (AvgIpc) is 2.32. The molecule has 1 aromatic heterocycles. The maximum absolute atomic E-state index is 9.96. The van der Waals surface area contributed by atoms with Crippen LogP contribution in [0.25, 0.3) is 22.3 Å². The number of phenols is 1. The summed E-state index contributed by atoms with van der Waals surface area (Å²) in [6.45, 7) is 0. The summed E-state index contributed by atoms with van der Waals surface area (Å²) in [4.78, 5) is 0. The van der Waals surface area contributed by atoms with Crippen molar-refractivity contribution in [2.24, 2.45) is 0 Å². The highest BCUT2D eigenvalue weighted by atomic mass is 17.0. The molecule has 7 nitrogen and oxygen atoms in total. The van der Waals surface area contributed by atoms with Crippen LogP contribution in [0, 0.1) is 0 Å². The molecule has 3 aromatic rings. The molecule has 0 aliphatic rings. The summed E-state index contributed by atoms with van der Waals surface area (Å²) in [5.74, 6) is -0.0337. The highest BCUT2D eigenvalue weighted by molar-refractivity contribution is 6.10. The Balaban J connectivity index is 2.37. The number of benzene rings is 2. The third-order valence-corrected chi connectivity index (χ3v) is 3.03. The van der Waals surface area contributed by atoms with Crippen molar-refractivity contribution in [1.82, 2.24) is 0 Å². The summed E-state index contributed by atoms with van der Waals surface area (Å²) in [7, 11) is 0. The molecule has 0 amide bonds. The average molecular weight is 260 g/mol. The topological polar surface area (TPSA) is 151 Å². The number of aromatic hydroxyl groups is 1. The highest BCUT2D eigenvalue weighted by Crippen LogP contribution is 2.46. The van der Waals surface area contributed by atoms with Crippen LogP contribution in [0.4, 0.5) is 22.7 Å². The summed E-state index contributed by atoms with van der Waals surface area (Å²) in [5, 5.41) is 9.96. The van der Waals surface area contributed by atoms with E-state index in [9.17, 15) is 5.11 Å². The van der Waals surface area contributed by atoms with Gasteiger partial charge in [0.25, 0.3) is 5.58 Å². The van der Waals surface area contributed by atoms with E-state index in [2.05, 4.69) is 0 Å². The zero-order valence-electron chi connectivity index (χ0n) is 9.81. The van der Waals surface area contributed by atoms with E-state index in [1.54, 1.807) is 12.1 Å². The Morgan fingerprint density at radius 3 is 2.11 bits per heavy atom. The largest absolute Gasteiger partial charge is 0.507 e. The van der Waals surface area contributed by atoms with E-state index in [4.69, 9.17) is 32.1 Å². The fourth-order valence-electron chi connectivity index (χ4n) is 2.00. The van der Waals surface area contributed by atoms with Gasteiger partial charge in [0.15, 0.2) is 0 Å². The quantitative estimate of drug-likeness (QED) is 0.330. The van der Waals surface area contributed by atoms with Crippen LogP contribution in [0.3, 0.4) is 0 Å². The first-order valence-corrected chi connectivity index (χ1v) is 5.44. The zero-order chi connectivity index (χ0) is 13.7. The van der Waals surface area contributed by atoms with Crippen LogP contribution in [0.2, 0.25) is 0 Å². The van der Waals surface area contributed by atoms with Gasteiger partial charge in [-0.1, -0.05) is 0 Å². The molecule has 0 saturated heterocycles. The molecule has 0 unspecified atom stereocenters. The standard InChI is InChI=1S/C12H12N4O3/c13-4-1-2-5(6(17)3-4)7-8(14)9(15)10(16)12-11(7)18-19-12/h1-3,17H,13-16H2. The molecular weight excluding hydrogens is 248 g/mol. The molecule has 1 heterocycles. The summed E-state index contributed by atoms with van der Waals surface area (Å²) in [6.07, 6.45) is 0. The molecule has 0 spiro atoms. The molecule has 3 rings (SSSR count). The molecule has 0 aliphatic heterocycles. The number of hydrogen-bond acceptors (Lipinski definition) is 7. The monoisotopic (exact) mass is 260 g/mol. The first-order chi connectivity index (χ1) is 9.00. The zero-order valence-corrected chi connectivity index (χ0v) is 9.81. The van der Waals surface area contributed by atoms with Gasteiger partial charge in [-0.2, -0.15) is 0 Å². The summed E-state index contributed by atoms with van der Waals surface area (Å²) in [5.41, 5.74) is 25.7. The molecule has 0 atom stereocenters. The van der Waals surface area contributed by atoms with Crippen LogP contribution in [0.15, 0.2) is 27.4 Å². The van der Waals surface area contributed by atoms with E-state index >= 15 is 0 Å². The van der Waals surface area contributed by atoms with Crippen molar-refractivity contribution >= 4 is 33.9 Å². The van der Waals surface area contributed by atoms with E-state index in [1.807, 2.05) is 0 Å². The van der Waals surface area contributed by atoms with Crippen molar-refractivity contribution in [1.29, 1.82) is 0 Å². The van der Waals surface area contributed by atoms with Gasteiger partial charge in [-0.05, 0) is 12.1 Å². The van der Waals surface area contributed by atoms with Crippen LogP contribution < -0.4 is 22.9 Å². The molecule has 0 fully saturated rings. The van der Waals surface area contributed by atoms with Gasteiger partial charge >= 0.3 is 0 Å². The van der Waals surface area contributed by atoms with Gasteiger partial charge in [-0.25, -0.2) is 0 Å². The Morgan fingerprint density at radius 2 is 1.53 bits per heavy atom. The number of nitrogen functional groups attached to an aromatic ring is 4. The molecule has 2 aromatic carbocycles. The second-order valence-corrected chi connectivity index (χ2v) is 4.22. The fraction of sp³-hybridized carbons (Fsp3) is 0. The molecule has 0 saturated carbocycles. The van der Waals surface area contributed by atoms with Crippen LogP contribution in [-0.2, 0) is 0 Å².